The van der Waals surface area contributed by atoms with Crippen LogP contribution >= 0.6 is 143 Å². The Balaban J connectivity index is 0.000000173. The Morgan fingerprint density at radius 3 is 1.62 bits per heavy atom. The first-order valence-electron chi connectivity index (χ1n) is 11.3. The molecular weight excluding hydrogens is 1170 g/mol. The standard InChI is InChI=1S/C13H10N2O.C12H7BrN2.Br5P.Br3OP/c1-15-11(16)7-6-10-5-4-9-3-2-8-14-12(9)13(10)15;13-10-6-5-9-4-3-8-2-1-7-14-11(8)12(9)15-10;1-6(2,3,4)5;1-5(2,3)4/h2-8H,1H3;1-7H;;. The zero-order valence-corrected chi connectivity index (χ0v) is 37.0. The summed E-state index contributed by atoms with van der Waals surface area (Å²) in [6.45, 7) is 0. The average molecular weight is 1190 g/mol. The summed E-state index contributed by atoms with van der Waals surface area (Å²) in [4.78, 5) is 24.8. The van der Waals surface area contributed by atoms with Crippen molar-refractivity contribution in [2.45, 2.75) is 0 Å². The number of rotatable bonds is 0. The summed E-state index contributed by atoms with van der Waals surface area (Å²) in [6.07, 6.45) is 3.55. The van der Waals surface area contributed by atoms with Crippen LogP contribution in [0, 0.1) is 0 Å². The molecule has 17 heteroatoms. The molecule has 42 heavy (non-hydrogen) atoms. The largest absolute Gasteiger partial charge is 0.309 e. The molecule has 0 aliphatic rings. The summed E-state index contributed by atoms with van der Waals surface area (Å²) in [7, 11) is 1.78. The van der Waals surface area contributed by atoms with Crippen molar-refractivity contribution in [2.24, 2.45) is 7.05 Å². The fourth-order valence-electron chi connectivity index (χ4n) is 3.72. The Morgan fingerprint density at radius 2 is 1.07 bits per heavy atom. The van der Waals surface area contributed by atoms with Crippen LogP contribution in [0.2, 0.25) is 0 Å². The van der Waals surface area contributed by atoms with Gasteiger partial charge in [0.05, 0.1) is 22.1 Å². The zero-order valence-electron chi connectivity index (χ0n) is 21.0. The van der Waals surface area contributed by atoms with Crippen LogP contribution in [0.1, 0.15) is 0 Å². The number of hydrogen-bond acceptors (Lipinski definition) is 5. The minimum absolute atomic E-state index is 0.00865. The first-order chi connectivity index (χ1) is 19.4. The third-order valence-electron chi connectivity index (χ3n) is 5.25. The number of nitrogens with zero attached hydrogens (tertiary/aromatic N) is 4. The van der Waals surface area contributed by atoms with Crippen molar-refractivity contribution in [3.8, 4) is 0 Å². The summed E-state index contributed by atoms with van der Waals surface area (Å²) >= 11 is 28.1. The van der Waals surface area contributed by atoms with E-state index in [1.165, 1.54) is 0 Å². The van der Waals surface area contributed by atoms with E-state index in [-0.39, 0.29) is 5.56 Å². The SMILES string of the molecule is BrP(Br)(Br)(Br)Br.Brc1ccc2ccc3cccnc3c2n1.Cn1c(=O)ccc2ccc3cccnc3c21.O=P(Br)(Br)Br. The molecule has 0 spiro atoms. The van der Waals surface area contributed by atoms with Crippen LogP contribution in [-0.4, -0.2) is 19.5 Å². The van der Waals surface area contributed by atoms with Crippen LogP contribution in [0.4, 0.5) is 0 Å². The third-order valence-corrected chi connectivity index (χ3v) is 5.69. The minimum atomic E-state index is -2.20. The van der Waals surface area contributed by atoms with E-state index in [1.54, 1.807) is 30.1 Å². The Morgan fingerprint density at radius 1 is 0.667 bits per heavy atom. The molecule has 4 heterocycles. The van der Waals surface area contributed by atoms with Gasteiger partial charge in [0, 0.05) is 93.5 Å². The predicted octanol–water partition coefficient (Wildman–Crippen LogP) is 14.0. The number of pyridine rings is 4. The van der Waals surface area contributed by atoms with Crippen LogP contribution in [0.25, 0.3) is 43.6 Å². The van der Waals surface area contributed by atoms with E-state index in [9.17, 15) is 9.36 Å². The Hall–Kier alpha value is 0.860. The van der Waals surface area contributed by atoms with Crippen molar-refractivity contribution in [1.29, 1.82) is 0 Å². The van der Waals surface area contributed by atoms with Gasteiger partial charge in [0.1, 0.15) is 4.60 Å². The fourth-order valence-corrected chi connectivity index (χ4v) is 4.02. The second kappa shape index (κ2) is 15.6. The van der Waals surface area contributed by atoms with Crippen LogP contribution in [-0.2, 0) is 11.6 Å². The number of fused-ring (bicyclic) bond motifs is 6. The summed E-state index contributed by atoms with van der Waals surface area (Å²) in [6, 6.07) is 23.5. The molecule has 0 aliphatic heterocycles. The van der Waals surface area contributed by atoms with E-state index >= 15 is 0 Å². The van der Waals surface area contributed by atoms with Gasteiger partial charge in [-0.15, -0.1) is 0 Å². The van der Waals surface area contributed by atoms with Gasteiger partial charge in [0.15, 0.2) is 0 Å². The molecule has 6 nitrogen and oxygen atoms in total. The van der Waals surface area contributed by atoms with Gasteiger partial charge in [-0.05, 0) is 40.2 Å². The second-order valence-corrected chi connectivity index (χ2v) is 78.5. The summed E-state index contributed by atoms with van der Waals surface area (Å²) < 4.78 is 8.26. The van der Waals surface area contributed by atoms with Crippen LogP contribution < -0.4 is 5.56 Å². The third kappa shape index (κ3) is 12.9. The first-order valence-corrected chi connectivity index (χ1v) is 32.2. The molecule has 0 fully saturated rings. The molecule has 222 valence electrons. The molecule has 0 bridgehead atoms. The summed E-state index contributed by atoms with van der Waals surface area (Å²) in [5.41, 5.74) is 3.66. The van der Waals surface area contributed by atoms with Gasteiger partial charge < -0.3 is 4.57 Å². The number of benzene rings is 2. The number of aromatic nitrogens is 4. The van der Waals surface area contributed by atoms with E-state index in [0.717, 1.165) is 48.2 Å². The number of hydrogen-bond donors (Lipinski definition) is 0. The van der Waals surface area contributed by atoms with Crippen LogP contribution in [0.15, 0.2) is 94.6 Å². The molecule has 0 atom stereocenters. The van der Waals surface area contributed by atoms with Gasteiger partial charge in [-0.2, -0.15) is 0 Å². The quantitative estimate of drug-likeness (QED) is 0.0860. The van der Waals surface area contributed by atoms with Gasteiger partial charge in [0.2, 0.25) is 0 Å². The van der Waals surface area contributed by atoms with E-state index in [1.807, 2.05) is 54.6 Å². The maximum Gasteiger partial charge on any atom is 0.268 e. The average Bonchev–Trinajstić information content (AvgIpc) is 2.88. The fraction of sp³-hybridized carbons (Fsp3) is 0.0400. The first kappa shape index (κ1) is 37.3. The molecule has 0 aliphatic carbocycles. The van der Waals surface area contributed by atoms with Crippen molar-refractivity contribution in [3.63, 3.8) is 0 Å². The molecule has 4 aromatic heterocycles. The normalized spacial score (nSPS) is 12.3. The molecule has 0 radical (unpaired) electrons. The van der Waals surface area contributed by atoms with Crippen LogP contribution in [0.3, 0.4) is 0 Å². The Kier molecular flexibility index (Phi) is 13.9. The molecule has 0 saturated heterocycles. The van der Waals surface area contributed by atoms with Gasteiger partial charge in [-0.1, -0.05) is 42.5 Å². The molecule has 0 saturated carbocycles. The second-order valence-electron chi connectivity index (χ2n) is 8.19. The number of aryl methyl sites for hydroxylation is 1. The van der Waals surface area contributed by atoms with Gasteiger partial charge in [-0.25, -0.2) is 4.98 Å². The molecule has 0 amide bonds. The minimum Gasteiger partial charge on any atom is -0.309 e. The zero-order chi connectivity index (χ0) is 31.3. The van der Waals surface area contributed by atoms with Crippen molar-refractivity contribution < 1.29 is 4.57 Å². The maximum absolute atomic E-state index is 11.6. The van der Waals surface area contributed by atoms with E-state index < -0.39 is 3.36 Å². The smallest absolute Gasteiger partial charge is 0.268 e. The topological polar surface area (TPSA) is 77.7 Å². The molecular formula is C25H17Br9N4O2P2. The van der Waals surface area contributed by atoms with Crippen LogP contribution in [0.5, 0.6) is 0 Å². The van der Waals surface area contributed by atoms with E-state index in [0.29, 0.717) is 0 Å². The summed E-state index contributed by atoms with van der Waals surface area (Å²) in [5.74, 6) is 0. The van der Waals surface area contributed by atoms with Gasteiger partial charge in [-0.3, -0.25) is 19.3 Å². The molecule has 6 aromatic rings. The molecule has 0 N–H and O–H groups in total. The van der Waals surface area contributed by atoms with Crippen molar-refractivity contribution in [1.82, 2.24) is 19.5 Å². The van der Waals surface area contributed by atoms with E-state index in [2.05, 4.69) is 167 Å². The van der Waals surface area contributed by atoms with Gasteiger partial charge in [0.25, 0.3) is 8.81 Å². The van der Waals surface area contributed by atoms with Gasteiger partial charge >= 0.3 is 77.6 Å². The Bertz CT molecular complexity index is 1970. The van der Waals surface area contributed by atoms with Crippen molar-refractivity contribution >= 4 is 187 Å². The molecule has 0 unspecified atom stereocenters. The Labute approximate surface area is 314 Å². The molecule has 6 rings (SSSR count). The van der Waals surface area contributed by atoms with Crippen molar-refractivity contribution in [3.05, 3.63) is 100 Å². The number of halogens is 9. The maximum atomic E-state index is 11.6. The molecule has 2 aromatic carbocycles. The monoisotopic (exact) mass is 1180 g/mol. The predicted molar refractivity (Wildman–Crippen MR) is 215 cm³/mol. The van der Waals surface area contributed by atoms with Crippen molar-refractivity contribution in [2.75, 3.05) is 0 Å². The van der Waals surface area contributed by atoms with E-state index in [4.69, 9.17) is 0 Å². The summed E-state index contributed by atoms with van der Waals surface area (Å²) in [5, 5.41) is 4.32.